The summed E-state index contributed by atoms with van der Waals surface area (Å²) in [6.45, 7) is -0.511. The lowest BCUT2D eigenvalue weighted by molar-refractivity contribution is -0.0241. The summed E-state index contributed by atoms with van der Waals surface area (Å²) >= 11 is 2.81. The van der Waals surface area contributed by atoms with Gasteiger partial charge in [-0.15, -0.1) is 0 Å². The number of fused-ring (bicyclic) bond motifs is 1. The SMILES string of the molecule is Nc1ncnn2c([C@@H]3O[C@H](CO)[C@H](O)C3(F)Br)cnc12. The number of aliphatic hydroxyl groups is 2. The van der Waals surface area contributed by atoms with Gasteiger partial charge in [-0.3, -0.25) is 0 Å². The molecule has 0 aromatic carbocycles. The minimum atomic E-state index is -2.27. The van der Waals surface area contributed by atoms with Crippen LogP contribution in [-0.4, -0.2) is 53.2 Å². The molecule has 1 fully saturated rings. The normalized spacial score (nSPS) is 33.9. The molecule has 0 bridgehead atoms. The molecule has 3 rings (SSSR count). The molecule has 1 aliphatic heterocycles. The molecule has 0 radical (unpaired) electrons. The number of hydrogen-bond acceptors (Lipinski definition) is 7. The minimum absolute atomic E-state index is 0.141. The lowest BCUT2D eigenvalue weighted by Gasteiger charge is -2.20. The summed E-state index contributed by atoms with van der Waals surface area (Å²) in [5.41, 5.74) is 6.16. The molecule has 20 heavy (non-hydrogen) atoms. The first kappa shape index (κ1) is 13.6. The second kappa shape index (κ2) is 4.58. The van der Waals surface area contributed by atoms with E-state index in [9.17, 15) is 9.50 Å². The van der Waals surface area contributed by atoms with E-state index >= 15 is 0 Å². The molecule has 1 unspecified atom stereocenters. The highest BCUT2D eigenvalue weighted by Crippen LogP contribution is 2.48. The van der Waals surface area contributed by atoms with Gasteiger partial charge in [0.05, 0.1) is 18.5 Å². The first-order chi connectivity index (χ1) is 9.46. The van der Waals surface area contributed by atoms with E-state index in [1.807, 2.05) is 0 Å². The number of nitrogen functional groups attached to an aromatic ring is 1. The van der Waals surface area contributed by atoms with Gasteiger partial charge in [0, 0.05) is 0 Å². The maximum Gasteiger partial charge on any atom is 0.224 e. The van der Waals surface area contributed by atoms with Crippen molar-refractivity contribution < 1.29 is 19.3 Å². The van der Waals surface area contributed by atoms with Crippen LogP contribution in [0.3, 0.4) is 0 Å². The zero-order valence-corrected chi connectivity index (χ0v) is 11.6. The van der Waals surface area contributed by atoms with Gasteiger partial charge in [-0.05, 0) is 15.9 Å². The van der Waals surface area contributed by atoms with Gasteiger partial charge >= 0.3 is 0 Å². The van der Waals surface area contributed by atoms with E-state index in [0.29, 0.717) is 0 Å². The Morgan fingerprint density at radius 1 is 1.55 bits per heavy atom. The van der Waals surface area contributed by atoms with Gasteiger partial charge < -0.3 is 20.7 Å². The third kappa shape index (κ3) is 1.79. The fourth-order valence-electron chi connectivity index (χ4n) is 2.18. The molecule has 10 heteroatoms. The monoisotopic (exact) mass is 347 g/mol. The topological polar surface area (TPSA) is 119 Å². The molecule has 2 aromatic heterocycles. The molecule has 0 amide bonds. The summed E-state index contributed by atoms with van der Waals surface area (Å²) in [4.78, 5) is 7.78. The molecule has 0 saturated carbocycles. The van der Waals surface area contributed by atoms with E-state index in [-0.39, 0.29) is 17.2 Å². The van der Waals surface area contributed by atoms with Crippen molar-refractivity contribution in [1.82, 2.24) is 19.6 Å². The van der Waals surface area contributed by atoms with Crippen molar-refractivity contribution in [1.29, 1.82) is 0 Å². The van der Waals surface area contributed by atoms with Gasteiger partial charge in [0.25, 0.3) is 0 Å². The third-order valence-electron chi connectivity index (χ3n) is 3.21. The summed E-state index contributed by atoms with van der Waals surface area (Å²) in [6.07, 6.45) is -1.22. The Morgan fingerprint density at radius 2 is 2.30 bits per heavy atom. The summed E-state index contributed by atoms with van der Waals surface area (Å²) in [6, 6.07) is 0. The number of anilines is 1. The van der Waals surface area contributed by atoms with Gasteiger partial charge in [-0.1, -0.05) is 0 Å². The van der Waals surface area contributed by atoms with E-state index in [1.165, 1.54) is 17.0 Å². The number of nitrogens with zero attached hydrogens (tertiary/aromatic N) is 4. The number of ether oxygens (including phenoxy) is 1. The molecule has 1 saturated heterocycles. The fraction of sp³-hybridized carbons (Fsp3) is 0.500. The third-order valence-corrected chi connectivity index (χ3v) is 4.10. The smallest absolute Gasteiger partial charge is 0.224 e. The van der Waals surface area contributed by atoms with E-state index in [0.717, 1.165) is 0 Å². The molecule has 0 aliphatic carbocycles. The predicted octanol–water partition coefficient (Wildman–Crippen LogP) is -0.440. The summed E-state index contributed by atoms with van der Waals surface area (Å²) in [5.74, 6) is 0.141. The van der Waals surface area contributed by atoms with E-state index < -0.39 is 29.5 Å². The molecule has 2 aromatic rings. The molecule has 108 valence electrons. The largest absolute Gasteiger partial charge is 0.394 e. The molecule has 3 heterocycles. The minimum Gasteiger partial charge on any atom is -0.394 e. The Bertz CT molecular complexity index is 651. The standard InChI is InChI=1S/C10H11BrFN5O3/c11-10(12)6(19)5(2-18)20-7(10)4-1-14-9-8(13)15-3-16-17(4)9/h1,3,5-7,18-19H,2H2,(H2,13,15,16)/t5-,6+,7+,10?/m1/s1. The van der Waals surface area contributed by atoms with Crippen LogP contribution >= 0.6 is 15.9 Å². The summed E-state index contributed by atoms with van der Waals surface area (Å²) < 4.78 is 19.0. The molecule has 8 nitrogen and oxygen atoms in total. The van der Waals surface area contributed by atoms with Gasteiger partial charge in [0.2, 0.25) is 4.58 Å². The van der Waals surface area contributed by atoms with Gasteiger partial charge in [-0.2, -0.15) is 5.10 Å². The number of nitrogens with two attached hydrogens (primary N) is 1. The lowest BCUT2D eigenvalue weighted by Crippen LogP contribution is -2.37. The number of rotatable bonds is 2. The van der Waals surface area contributed by atoms with Gasteiger partial charge in [-0.25, -0.2) is 18.9 Å². The van der Waals surface area contributed by atoms with Crippen molar-refractivity contribution in [3.63, 3.8) is 0 Å². The van der Waals surface area contributed by atoms with Crippen LogP contribution in [0.5, 0.6) is 0 Å². The fourth-order valence-corrected chi connectivity index (χ4v) is 2.82. The van der Waals surface area contributed by atoms with Crippen LogP contribution < -0.4 is 5.73 Å². The van der Waals surface area contributed by atoms with Crippen LogP contribution in [0.4, 0.5) is 10.2 Å². The second-order valence-electron chi connectivity index (χ2n) is 4.42. The van der Waals surface area contributed by atoms with E-state index in [1.54, 1.807) is 0 Å². The average Bonchev–Trinajstić information content (AvgIpc) is 2.92. The van der Waals surface area contributed by atoms with Crippen LogP contribution in [0.2, 0.25) is 0 Å². The number of alkyl halides is 2. The first-order valence-corrected chi connectivity index (χ1v) is 6.52. The number of halogens is 2. The molecular weight excluding hydrogens is 337 g/mol. The van der Waals surface area contributed by atoms with Crippen molar-refractivity contribution in [3.8, 4) is 0 Å². The van der Waals surface area contributed by atoms with Crippen LogP contribution in [0, 0.1) is 0 Å². The second-order valence-corrected chi connectivity index (χ2v) is 5.64. The Labute approximate surface area is 120 Å². The van der Waals surface area contributed by atoms with Crippen LogP contribution in [0.25, 0.3) is 5.65 Å². The molecule has 1 aliphatic rings. The van der Waals surface area contributed by atoms with Gasteiger partial charge in [0.15, 0.2) is 11.5 Å². The van der Waals surface area contributed by atoms with Crippen molar-refractivity contribution in [2.45, 2.75) is 22.9 Å². The van der Waals surface area contributed by atoms with Crippen molar-refractivity contribution in [2.24, 2.45) is 0 Å². The zero-order chi connectivity index (χ0) is 14.5. The van der Waals surface area contributed by atoms with Gasteiger partial charge in [0.1, 0.15) is 24.6 Å². The van der Waals surface area contributed by atoms with Crippen LogP contribution in [-0.2, 0) is 4.74 Å². The number of aromatic nitrogens is 4. The maximum absolute atomic E-state index is 14.6. The maximum atomic E-state index is 14.6. The summed E-state index contributed by atoms with van der Waals surface area (Å²) in [5, 5.41) is 22.9. The highest BCUT2D eigenvalue weighted by Gasteiger charge is 2.57. The number of imidazole rings is 1. The molecule has 4 N–H and O–H groups in total. The van der Waals surface area contributed by atoms with Crippen molar-refractivity contribution >= 4 is 27.4 Å². The quantitative estimate of drug-likeness (QED) is 0.630. The summed E-state index contributed by atoms with van der Waals surface area (Å²) in [7, 11) is 0. The first-order valence-electron chi connectivity index (χ1n) is 5.73. The lowest BCUT2D eigenvalue weighted by atomic mass is 10.1. The number of aliphatic hydroxyl groups excluding tert-OH is 2. The Hall–Kier alpha value is -1.36. The highest BCUT2D eigenvalue weighted by molar-refractivity contribution is 9.10. The average molecular weight is 348 g/mol. The predicted molar refractivity (Wildman–Crippen MR) is 68.7 cm³/mol. The molecule has 4 atom stereocenters. The zero-order valence-electron chi connectivity index (χ0n) is 10.0. The Morgan fingerprint density at radius 3 is 2.95 bits per heavy atom. The highest BCUT2D eigenvalue weighted by atomic mass is 79.9. The Balaban J connectivity index is 2.10. The molecule has 0 spiro atoms. The van der Waals surface area contributed by atoms with E-state index in [2.05, 4.69) is 31.0 Å². The van der Waals surface area contributed by atoms with Crippen LogP contribution in [0.15, 0.2) is 12.5 Å². The van der Waals surface area contributed by atoms with E-state index in [4.69, 9.17) is 15.6 Å². The van der Waals surface area contributed by atoms with Crippen molar-refractivity contribution in [2.75, 3.05) is 12.3 Å². The Kier molecular flexibility index (Phi) is 3.12. The molecular formula is C10H11BrFN5O3. The van der Waals surface area contributed by atoms with Crippen LogP contribution in [0.1, 0.15) is 11.8 Å². The number of hydrogen-bond donors (Lipinski definition) is 3. The van der Waals surface area contributed by atoms with Crippen molar-refractivity contribution in [3.05, 3.63) is 18.2 Å².